The summed E-state index contributed by atoms with van der Waals surface area (Å²) >= 11 is 0. The number of amides is 3. The summed E-state index contributed by atoms with van der Waals surface area (Å²) in [5.41, 5.74) is 0. The maximum absolute atomic E-state index is 12.1. The van der Waals surface area contributed by atoms with E-state index in [4.69, 9.17) is 5.11 Å². The lowest BCUT2D eigenvalue weighted by Gasteiger charge is -2.32. The van der Waals surface area contributed by atoms with Crippen LogP contribution in [-0.2, 0) is 9.59 Å². The minimum atomic E-state index is -0.955. The van der Waals surface area contributed by atoms with Crippen molar-refractivity contribution in [3.8, 4) is 0 Å². The molecule has 106 valence electrons. The van der Waals surface area contributed by atoms with Crippen LogP contribution in [0, 0.1) is 0 Å². The Morgan fingerprint density at radius 1 is 1.37 bits per heavy atom. The minimum absolute atomic E-state index is 0.0788. The summed E-state index contributed by atoms with van der Waals surface area (Å²) in [7, 11) is 1.70. The molecule has 0 bridgehead atoms. The van der Waals surface area contributed by atoms with Crippen molar-refractivity contribution in [3.63, 3.8) is 0 Å². The number of carbonyl (C=O) groups is 3. The number of carbonyl (C=O) groups excluding carboxylic acids is 2. The van der Waals surface area contributed by atoms with E-state index >= 15 is 0 Å². The third kappa shape index (κ3) is 2.97. The van der Waals surface area contributed by atoms with Gasteiger partial charge in [0.25, 0.3) is 0 Å². The normalized spacial score (nSPS) is 27.5. The lowest BCUT2D eigenvalue weighted by molar-refractivity contribution is -0.141. The van der Waals surface area contributed by atoms with Crippen LogP contribution in [0.2, 0.25) is 0 Å². The number of nitrogens with one attached hydrogen (secondary N) is 1. The first-order chi connectivity index (χ1) is 8.99. The number of nitrogens with zero attached hydrogens (tertiary/aromatic N) is 2. The molecule has 0 aliphatic carbocycles. The number of likely N-dealkylation sites (N-methyl/N-ethyl adjacent to an activating group) is 1. The summed E-state index contributed by atoms with van der Waals surface area (Å²) in [5.74, 6) is -0.876. The Hall–Kier alpha value is -1.79. The SMILES string of the molecule is CN1CC(NC(=O)N2CCCC2C(=O)O)CCC1=O. The van der Waals surface area contributed by atoms with Crippen LogP contribution >= 0.6 is 0 Å². The van der Waals surface area contributed by atoms with Gasteiger partial charge in [0.15, 0.2) is 0 Å². The van der Waals surface area contributed by atoms with Gasteiger partial charge in [-0.1, -0.05) is 0 Å². The van der Waals surface area contributed by atoms with Crippen LogP contribution in [-0.4, -0.2) is 65.0 Å². The smallest absolute Gasteiger partial charge is 0.326 e. The Morgan fingerprint density at radius 3 is 2.74 bits per heavy atom. The first-order valence-corrected chi connectivity index (χ1v) is 6.53. The van der Waals surface area contributed by atoms with E-state index in [1.807, 2.05) is 0 Å². The molecule has 2 N–H and O–H groups in total. The molecule has 2 heterocycles. The number of urea groups is 1. The monoisotopic (exact) mass is 269 g/mol. The molecule has 2 rings (SSSR count). The molecule has 2 fully saturated rings. The van der Waals surface area contributed by atoms with Crippen LogP contribution in [0.4, 0.5) is 4.79 Å². The summed E-state index contributed by atoms with van der Waals surface area (Å²) in [6, 6.07) is -1.15. The van der Waals surface area contributed by atoms with E-state index in [1.54, 1.807) is 11.9 Å². The Morgan fingerprint density at radius 2 is 2.11 bits per heavy atom. The summed E-state index contributed by atoms with van der Waals surface area (Å²) in [6.45, 7) is 0.959. The van der Waals surface area contributed by atoms with Crippen molar-refractivity contribution >= 4 is 17.9 Å². The van der Waals surface area contributed by atoms with Gasteiger partial charge in [0.1, 0.15) is 6.04 Å². The molecule has 0 aromatic rings. The van der Waals surface area contributed by atoms with Crippen LogP contribution < -0.4 is 5.32 Å². The fraction of sp³-hybridized carbons (Fsp3) is 0.750. The van der Waals surface area contributed by atoms with Gasteiger partial charge in [-0.2, -0.15) is 0 Å². The highest BCUT2D eigenvalue weighted by Crippen LogP contribution is 2.18. The number of aliphatic carboxylic acids is 1. The summed E-state index contributed by atoms with van der Waals surface area (Å²) in [6.07, 6.45) is 2.25. The molecule has 7 heteroatoms. The molecule has 0 aromatic carbocycles. The molecular formula is C12H19N3O4. The van der Waals surface area contributed by atoms with E-state index in [2.05, 4.69) is 5.32 Å². The second kappa shape index (κ2) is 5.46. The van der Waals surface area contributed by atoms with Crippen molar-refractivity contribution in [2.24, 2.45) is 0 Å². The number of rotatable bonds is 2. The maximum atomic E-state index is 12.1. The third-order valence-corrected chi connectivity index (χ3v) is 3.75. The number of piperidine rings is 1. The van der Waals surface area contributed by atoms with Gasteiger partial charge in [0.2, 0.25) is 5.91 Å². The zero-order valence-electron chi connectivity index (χ0n) is 11.0. The molecule has 2 saturated heterocycles. The van der Waals surface area contributed by atoms with Crippen molar-refractivity contribution in [2.45, 2.75) is 37.8 Å². The number of hydrogen-bond acceptors (Lipinski definition) is 3. The van der Waals surface area contributed by atoms with Crippen molar-refractivity contribution in [1.29, 1.82) is 0 Å². The fourth-order valence-electron chi connectivity index (χ4n) is 2.65. The number of carboxylic acid groups (broad SMARTS) is 1. The Kier molecular flexibility index (Phi) is 3.92. The maximum Gasteiger partial charge on any atom is 0.326 e. The van der Waals surface area contributed by atoms with Gasteiger partial charge < -0.3 is 20.2 Å². The first-order valence-electron chi connectivity index (χ1n) is 6.53. The van der Waals surface area contributed by atoms with Crippen LogP contribution in [0.5, 0.6) is 0 Å². The average molecular weight is 269 g/mol. The van der Waals surface area contributed by atoms with Crippen LogP contribution in [0.1, 0.15) is 25.7 Å². The lowest BCUT2D eigenvalue weighted by atomic mass is 10.1. The number of hydrogen-bond donors (Lipinski definition) is 2. The van der Waals surface area contributed by atoms with Crippen LogP contribution in [0.25, 0.3) is 0 Å². The molecule has 0 spiro atoms. The topological polar surface area (TPSA) is 90.0 Å². The van der Waals surface area contributed by atoms with E-state index < -0.39 is 12.0 Å². The van der Waals surface area contributed by atoms with Crippen molar-refractivity contribution < 1.29 is 19.5 Å². The molecule has 2 atom stereocenters. The molecule has 2 unspecified atom stereocenters. The highest BCUT2D eigenvalue weighted by Gasteiger charge is 2.35. The van der Waals surface area contributed by atoms with Gasteiger partial charge in [-0.15, -0.1) is 0 Å². The van der Waals surface area contributed by atoms with Gasteiger partial charge in [-0.25, -0.2) is 9.59 Å². The van der Waals surface area contributed by atoms with Gasteiger partial charge in [-0.05, 0) is 19.3 Å². The molecular weight excluding hydrogens is 250 g/mol. The molecule has 7 nitrogen and oxygen atoms in total. The van der Waals surface area contributed by atoms with Gasteiger partial charge in [0.05, 0.1) is 0 Å². The molecule has 0 aromatic heterocycles. The van der Waals surface area contributed by atoms with Crippen molar-refractivity contribution in [2.75, 3.05) is 20.1 Å². The second-order valence-corrected chi connectivity index (χ2v) is 5.15. The highest BCUT2D eigenvalue weighted by atomic mass is 16.4. The third-order valence-electron chi connectivity index (χ3n) is 3.75. The molecule has 0 radical (unpaired) electrons. The van der Waals surface area contributed by atoms with Gasteiger partial charge >= 0.3 is 12.0 Å². The van der Waals surface area contributed by atoms with E-state index in [-0.39, 0.29) is 18.0 Å². The van der Waals surface area contributed by atoms with Crippen molar-refractivity contribution in [3.05, 3.63) is 0 Å². The average Bonchev–Trinajstić information content (AvgIpc) is 2.83. The predicted octanol–water partition coefficient (Wildman–Crippen LogP) is -0.134. The van der Waals surface area contributed by atoms with Gasteiger partial charge in [0, 0.05) is 32.6 Å². The second-order valence-electron chi connectivity index (χ2n) is 5.15. The van der Waals surface area contributed by atoms with Crippen LogP contribution in [0.3, 0.4) is 0 Å². The Balaban J connectivity index is 1.90. The van der Waals surface area contributed by atoms with E-state index in [0.29, 0.717) is 38.8 Å². The summed E-state index contributed by atoms with van der Waals surface area (Å²) in [5, 5.41) is 11.9. The standard InChI is InChI=1S/C12H19N3O4/c1-14-7-8(4-5-10(14)16)13-12(19)15-6-2-3-9(15)11(17)18/h8-9H,2-7H2,1H3,(H,13,19)(H,17,18). The molecule has 2 aliphatic heterocycles. The fourth-order valence-corrected chi connectivity index (χ4v) is 2.65. The highest BCUT2D eigenvalue weighted by molar-refractivity contribution is 5.83. The zero-order chi connectivity index (χ0) is 14.0. The largest absolute Gasteiger partial charge is 0.480 e. The number of carboxylic acids is 1. The van der Waals surface area contributed by atoms with E-state index in [1.165, 1.54) is 4.90 Å². The van der Waals surface area contributed by atoms with Crippen LogP contribution in [0.15, 0.2) is 0 Å². The molecule has 2 aliphatic rings. The zero-order valence-corrected chi connectivity index (χ0v) is 11.0. The Labute approximate surface area is 111 Å². The summed E-state index contributed by atoms with van der Waals surface area (Å²) < 4.78 is 0. The van der Waals surface area contributed by atoms with Gasteiger partial charge in [-0.3, -0.25) is 4.79 Å². The Bertz CT molecular complexity index is 398. The van der Waals surface area contributed by atoms with E-state index in [9.17, 15) is 14.4 Å². The minimum Gasteiger partial charge on any atom is -0.480 e. The molecule has 0 saturated carbocycles. The summed E-state index contributed by atoms with van der Waals surface area (Å²) in [4.78, 5) is 37.4. The molecule has 19 heavy (non-hydrogen) atoms. The number of likely N-dealkylation sites (tertiary alicyclic amines) is 2. The van der Waals surface area contributed by atoms with E-state index in [0.717, 1.165) is 0 Å². The first kappa shape index (κ1) is 13.6. The quantitative estimate of drug-likeness (QED) is 0.730. The predicted molar refractivity (Wildman–Crippen MR) is 66.6 cm³/mol. The lowest BCUT2D eigenvalue weighted by Crippen LogP contribution is -2.53. The van der Waals surface area contributed by atoms with Crippen molar-refractivity contribution in [1.82, 2.24) is 15.1 Å². The molecule has 3 amide bonds.